The van der Waals surface area contributed by atoms with E-state index in [1.54, 1.807) is 5.57 Å². The molecule has 9 rings (SSSR count). The van der Waals surface area contributed by atoms with Gasteiger partial charge in [-0.2, -0.15) is 0 Å². The van der Waals surface area contributed by atoms with Crippen LogP contribution < -0.4 is 4.90 Å². The predicted octanol–water partition coefficient (Wildman–Crippen LogP) is 11.8. The summed E-state index contributed by atoms with van der Waals surface area (Å²) in [5, 5.41) is 0.457. The minimum Gasteiger partial charge on any atom is -0.358 e. The number of nitrogens with zero attached hydrogens (tertiary/aromatic N) is 1. The largest absolute Gasteiger partial charge is 0.358 e. The molecule has 0 amide bonds. The molecular formula is C45H43NS. The third-order valence-corrected chi connectivity index (χ3v) is 12.8. The molecule has 0 radical (unpaired) electrons. The molecule has 3 unspecified atom stereocenters. The highest BCUT2D eigenvalue weighted by molar-refractivity contribution is 8.01. The van der Waals surface area contributed by atoms with Gasteiger partial charge in [-0.1, -0.05) is 123 Å². The van der Waals surface area contributed by atoms with Crippen LogP contribution in [0.3, 0.4) is 0 Å². The van der Waals surface area contributed by atoms with E-state index in [2.05, 4.69) is 152 Å². The van der Waals surface area contributed by atoms with E-state index in [1.165, 1.54) is 99.2 Å². The topological polar surface area (TPSA) is 3.24 Å². The Kier molecular flexibility index (Phi) is 7.19. The fourth-order valence-corrected chi connectivity index (χ4v) is 10.7. The van der Waals surface area contributed by atoms with Gasteiger partial charge in [0.2, 0.25) is 0 Å². The van der Waals surface area contributed by atoms with Crippen LogP contribution in [-0.2, 0) is 5.41 Å². The normalized spacial score (nSPS) is 24.0. The van der Waals surface area contributed by atoms with E-state index >= 15 is 0 Å². The lowest BCUT2D eigenvalue weighted by Crippen LogP contribution is -2.45. The van der Waals surface area contributed by atoms with Crippen LogP contribution in [0.1, 0.15) is 86.6 Å². The zero-order valence-corrected chi connectivity index (χ0v) is 28.4. The van der Waals surface area contributed by atoms with E-state index in [0.29, 0.717) is 17.3 Å². The molecule has 0 spiro atoms. The van der Waals surface area contributed by atoms with Crippen LogP contribution in [0.25, 0.3) is 22.3 Å². The fourth-order valence-electron chi connectivity index (χ4n) is 9.27. The number of hydrogen-bond acceptors (Lipinski definition) is 2. The van der Waals surface area contributed by atoms with Crippen molar-refractivity contribution in [2.24, 2.45) is 0 Å². The van der Waals surface area contributed by atoms with Crippen molar-refractivity contribution in [2.75, 3.05) is 4.90 Å². The number of thioether (sulfide) groups is 1. The SMILES string of the molecule is CC1(C)C2=C(C(c3ccccc3)=C3c4ccccc4SC3C2)c2ccc(N(C3C=CCCC3)C3CCCC=C3c3ccccc3)cc21. The third-order valence-electron chi connectivity index (χ3n) is 11.5. The molecule has 0 saturated carbocycles. The van der Waals surface area contributed by atoms with Crippen molar-refractivity contribution in [3.8, 4) is 0 Å². The molecule has 5 aliphatic rings. The molecule has 234 valence electrons. The van der Waals surface area contributed by atoms with Crippen LogP contribution in [-0.4, -0.2) is 17.3 Å². The lowest BCUT2D eigenvalue weighted by Gasteiger charge is -2.43. The second-order valence-electron chi connectivity index (χ2n) is 14.5. The van der Waals surface area contributed by atoms with Gasteiger partial charge in [-0.3, -0.25) is 0 Å². The first-order valence-corrected chi connectivity index (χ1v) is 18.6. The molecule has 3 atom stereocenters. The predicted molar refractivity (Wildman–Crippen MR) is 202 cm³/mol. The van der Waals surface area contributed by atoms with Crippen LogP contribution in [0.2, 0.25) is 0 Å². The summed E-state index contributed by atoms with van der Waals surface area (Å²) in [7, 11) is 0. The first-order valence-electron chi connectivity index (χ1n) is 17.7. The van der Waals surface area contributed by atoms with E-state index in [1.807, 2.05) is 0 Å². The number of hydrogen-bond donors (Lipinski definition) is 0. The van der Waals surface area contributed by atoms with Gasteiger partial charge in [-0.05, 0) is 113 Å². The molecule has 1 aliphatic heterocycles. The summed E-state index contributed by atoms with van der Waals surface area (Å²) in [6.07, 6.45) is 15.9. The minimum atomic E-state index is -0.0414. The number of benzene rings is 4. The van der Waals surface area contributed by atoms with Gasteiger partial charge in [0.05, 0.1) is 6.04 Å². The Morgan fingerprint density at radius 1 is 0.723 bits per heavy atom. The molecule has 0 N–H and O–H groups in total. The highest BCUT2D eigenvalue weighted by Crippen LogP contribution is 2.62. The smallest absolute Gasteiger partial charge is 0.0551 e. The van der Waals surface area contributed by atoms with Crippen molar-refractivity contribution in [3.63, 3.8) is 0 Å². The average Bonchev–Trinajstić information content (AvgIpc) is 3.61. The van der Waals surface area contributed by atoms with Gasteiger partial charge in [-0.15, -0.1) is 11.8 Å². The van der Waals surface area contributed by atoms with Crippen LogP contribution in [0.15, 0.2) is 132 Å². The van der Waals surface area contributed by atoms with Crippen molar-refractivity contribution in [2.45, 2.75) is 86.4 Å². The Labute approximate surface area is 284 Å². The summed E-state index contributed by atoms with van der Waals surface area (Å²) < 4.78 is 0. The standard InChI is InChI=1S/C45H43NS/c1-45(2)37-28-33(46(32-20-10-5-11-21-32)39-24-14-12-22-34(39)30-16-6-3-7-17-30)26-27-35(37)43-38(45)29-41-44(36-23-13-15-25-40(36)47-41)42(43)31-18-8-4-9-19-31/h3-4,6-10,13,15-20,22-23,25-28,32,39,41H,5,11-12,14,21,24,29H2,1-2H3. The summed E-state index contributed by atoms with van der Waals surface area (Å²) in [6, 6.07) is 39.9. The molecular weight excluding hydrogens is 587 g/mol. The van der Waals surface area contributed by atoms with Gasteiger partial charge in [0.1, 0.15) is 0 Å². The first kappa shape index (κ1) is 29.2. The Balaban J connectivity index is 1.21. The van der Waals surface area contributed by atoms with Gasteiger partial charge in [0.25, 0.3) is 0 Å². The summed E-state index contributed by atoms with van der Waals surface area (Å²) in [6.45, 7) is 5.00. The molecule has 0 bridgehead atoms. The van der Waals surface area contributed by atoms with Crippen molar-refractivity contribution in [1.29, 1.82) is 0 Å². The lowest BCUT2D eigenvalue weighted by atomic mass is 9.74. The summed E-state index contributed by atoms with van der Waals surface area (Å²) >= 11 is 2.08. The molecule has 0 fully saturated rings. The Bertz CT molecular complexity index is 1970. The second-order valence-corrected chi connectivity index (χ2v) is 15.7. The van der Waals surface area contributed by atoms with Crippen molar-refractivity contribution < 1.29 is 0 Å². The lowest BCUT2D eigenvalue weighted by molar-refractivity contribution is 0.521. The molecule has 2 heteroatoms. The quantitative estimate of drug-likeness (QED) is 0.202. The molecule has 4 aromatic carbocycles. The van der Waals surface area contributed by atoms with Crippen LogP contribution in [0.4, 0.5) is 5.69 Å². The van der Waals surface area contributed by atoms with E-state index in [-0.39, 0.29) is 5.41 Å². The monoisotopic (exact) mass is 629 g/mol. The van der Waals surface area contributed by atoms with E-state index < -0.39 is 0 Å². The Morgan fingerprint density at radius 3 is 2.26 bits per heavy atom. The maximum absolute atomic E-state index is 2.82. The second kappa shape index (κ2) is 11.6. The van der Waals surface area contributed by atoms with Crippen molar-refractivity contribution in [3.05, 3.63) is 155 Å². The number of allylic oxidation sites excluding steroid dienone is 5. The summed E-state index contributed by atoms with van der Waals surface area (Å²) in [4.78, 5) is 4.25. The van der Waals surface area contributed by atoms with Gasteiger partial charge in [-0.25, -0.2) is 0 Å². The molecule has 1 nitrogen and oxygen atoms in total. The molecule has 4 aromatic rings. The molecule has 47 heavy (non-hydrogen) atoms. The van der Waals surface area contributed by atoms with Crippen LogP contribution >= 0.6 is 11.8 Å². The Morgan fingerprint density at radius 2 is 1.47 bits per heavy atom. The zero-order chi connectivity index (χ0) is 31.5. The van der Waals surface area contributed by atoms with Crippen molar-refractivity contribution >= 4 is 39.7 Å². The molecule has 1 heterocycles. The van der Waals surface area contributed by atoms with Gasteiger partial charge >= 0.3 is 0 Å². The molecule has 0 aromatic heterocycles. The molecule has 0 saturated heterocycles. The maximum Gasteiger partial charge on any atom is 0.0551 e. The highest BCUT2D eigenvalue weighted by Gasteiger charge is 2.46. The minimum absolute atomic E-state index is 0.0414. The summed E-state index contributed by atoms with van der Waals surface area (Å²) in [5.74, 6) is 0. The Hall–Kier alpha value is -4.01. The molecule has 4 aliphatic carbocycles. The highest BCUT2D eigenvalue weighted by atomic mass is 32.2. The first-order chi connectivity index (χ1) is 23.1. The van der Waals surface area contributed by atoms with Crippen LogP contribution in [0, 0.1) is 0 Å². The third kappa shape index (κ3) is 4.74. The number of rotatable bonds is 5. The van der Waals surface area contributed by atoms with E-state index in [0.717, 1.165) is 6.42 Å². The van der Waals surface area contributed by atoms with Gasteiger partial charge < -0.3 is 4.90 Å². The summed E-state index contributed by atoms with van der Waals surface area (Å²) in [5.41, 5.74) is 16.1. The van der Waals surface area contributed by atoms with Crippen LogP contribution in [0.5, 0.6) is 0 Å². The number of fused-ring (bicyclic) bond motifs is 5. The van der Waals surface area contributed by atoms with E-state index in [4.69, 9.17) is 0 Å². The van der Waals surface area contributed by atoms with Gasteiger partial charge in [0, 0.05) is 27.3 Å². The van der Waals surface area contributed by atoms with Gasteiger partial charge in [0.15, 0.2) is 0 Å². The van der Waals surface area contributed by atoms with Crippen molar-refractivity contribution in [1.82, 2.24) is 0 Å². The zero-order valence-electron chi connectivity index (χ0n) is 27.6. The number of anilines is 1. The fraction of sp³-hybridized carbons (Fsp3) is 0.289. The average molecular weight is 630 g/mol. The van der Waals surface area contributed by atoms with E-state index in [9.17, 15) is 0 Å². The maximum atomic E-state index is 2.82.